The lowest BCUT2D eigenvalue weighted by Crippen LogP contribution is -2.51. The molecule has 1 atom stereocenters. The standard InChI is InChI=1S/C29H34ClN3O5S/c1-5-27(29(35)31-4)32(19-22-9-7-21(3)8-10-22)28(34)20-33(24-13-15-25(16-14-24)38-6-2)39(36,37)26-17-11-23(30)12-18-26/h7-18,27H,5-6,19-20H2,1-4H3,(H,31,35)/t27-/m1/s1. The van der Waals surface area contributed by atoms with Gasteiger partial charge < -0.3 is 15.0 Å². The Balaban J connectivity index is 2.05. The number of anilines is 1. The van der Waals surface area contributed by atoms with Gasteiger partial charge in [-0.3, -0.25) is 13.9 Å². The van der Waals surface area contributed by atoms with Crippen molar-refractivity contribution in [3.63, 3.8) is 0 Å². The summed E-state index contributed by atoms with van der Waals surface area (Å²) in [5.41, 5.74) is 2.17. The van der Waals surface area contributed by atoms with Crippen molar-refractivity contribution in [1.82, 2.24) is 10.2 Å². The number of hydrogen-bond acceptors (Lipinski definition) is 5. The molecule has 0 aromatic heterocycles. The summed E-state index contributed by atoms with van der Waals surface area (Å²) in [5.74, 6) is -0.272. The number of nitrogens with one attached hydrogen (secondary N) is 1. The van der Waals surface area contributed by atoms with Crippen molar-refractivity contribution >= 4 is 39.1 Å². The van der Waals surface area contributed by atoms with Crippen LogP contribution in [0.25, 0.3) is 0 Å². The Kier molecular flexibility index (Phi) is 10.4. The lowest BCUT2D eigenvalue weighted by atomic mass is 10.1. The summed E-state index contributed by atoms with van der Waals surface area (Å²) >= 11 is 5.99. The lowest BCUT2D eigenvalue weighted by molar-refractivity contribution is -0.140. The number of aryl methyl sites for hydroxylation is 1. The Morgan fingerprint density at radius 3 is 2.10 bits per heavy atom. The monoisotopic (exact) mass is 571 g/mol. The van der Waals surface area contributed by atoms with E-state index < -0.39 is 28.5 Å². The molecule has 0 bridgehead atoms. The van der Waals surface area contributed by atoms with Crippen LogP contribution in [0.5, 0.6) is 5.75 Å². The molecule has 0 saturated carbocycles. The van der Waals surface area contributed by atoms with Crippen LogP contribution in [-0.4, -0.2) is 51.4 Å². The highest BCUT2D eigenvalue weighted by Gasteiger charge is 2.33. The Morgan fingerprint density at radius 2 is 1.56 bits per heavy atom. The molecule has 2 amide bonds. The number of carbonyl (C=O) groups excluding carboxylic acids is 2. The summed E-state index contributed by atoms with van der Waals surface area (Å²) in [6, 6.07) is 19.1. The summed E-state index contributed by atoms with van der Waals surface area (Å²) in [7, 11) is -2.66. The molecule has 3 aromatic carbocycles. The highest BCUT2D eigenvalue weighted by atomic mass is 35.5. The fraction of sp³-hybridized carbons (Fsp3) is 0.310. The highest BCUT2D eigenvalue weighted by molar-refractivity contribution is 7.92. The predicted octanol–water partition coefficient (Wildman–Crippen LogP) is 4.80. The number of benzene rings is 3. The van der Waals surface area contributed by atoms with E-state index in [-0.39, 0.29) is 23.0 Å². The zero-order chi connectivity index (χ0) is 28.6. The van der Waals surface area contributed by atoms with Gasteiger partial charge in [0.1, 0.15) is 18.3 Å². The van der Waals surface area contributed by atoms with Crippen molar-refractivity contribution in [2.75, 3.05) is 24.5 Å². The number of halogens is 1. The average molecular weight is 572 g/mol. The fourth-order valence-electron chi connectivity index (χ4n) is 4.11. The molecular formula is C29H34ClN3O5S. The molecule has 0 fully saturated rings. The van der Waals surface area contributed by atoms with Gasteiger partial charge in [-0.05, 0) is 74.4 Å². The van der Waals surface area contributed by atoms with Crippen LogP contribution in [0, 0.1) is 6.92 Å². The van der Waals surface area contributed by atoms with Gasteiger partial charge in [-0.15, -0.1) is 0 Å². The summed E-state index contributed by atoms with van der Waals surface area (Å²) in [6.45, 7) is 5.70. The smallest absolute Gasteiger partial charge is 0.264 e. The molecule has 0 unspecified atom stereocenters. The molecule has 0 saturated heterocycles. The first kappa shape index (κ1) is 30.0. The Morgan fingerprint density at radius 1 is 0.949 bits per heavy atom. The van der Waals surface area contributed by atoms with E-state index >= 15 is 0 Å². The SMILES string of the molecule is CCOc1ccc(N(CC(=O)N(Cc2ccc(C)cc2)[C@H](CC)C(=O)NC)S(=O)(=O)c2ccc(Cl)cc2)cc1. The number of ether oxygens (including phenoxy) is 1. The van der Waals surface area contributed by atoms with Crippen LogP contribution in [0.1, 0.15) is 31.4 Å². The number of hydrogen-bond donors (Lipinski definition) is 1. The van der Waals surface area contributed by atoms with Crippen LogP contribution in [0.3, 0.4) is 0 Å². The van der Waals surface area contributed by atoms with Gasteiger partial charge in [0.15, 0.2) is 0 Å². The second-order valence-corrected chi connectivity index (χ2v) is 11.2. The predicted molar refractivity (Wildman–Crippen MR) is 153 cm³/mol. The molecule has 0 radical (unpaired) electrons. The molecule has 0 aliphatic rings. The molecular weight excluding hydrogens is 538 g/mol. The van der Waals surface area contributed by atoms with E-state index in [0.29, 0.717) is 23.8 Å². The minimum Gasteiger partial charge on any atom is -0.494 e. The van der Waals surface area contributed by atoms with Crippen LogP contribution in [0.4, 0.5) is 5.69 Å². The van der Waals surface area contributed by atoms with Gasteiger partial charge in [-0.1, -0.05) is 48.4 Å². The molecule has 0 heterocycles. The first-order valence-corrected chi connectivity index (χ1v) is 14.5. The van der Waals surface area contributed by atoms with Gasteiger partial charge >= 0.3 is 0 Å². The van der Waals surface area contributed by atoms with E-state index in [9.17, 15) is 18.0 Å². The zero-order valence-corrected chi connectivity index (χ0v) is 24.1. The van der Waals surface area contributed by atoms with Gasteiger partial charge in [0.2, 0.25) is 11.8 Å². The molecule has 10 heteroatoms. The van der Waals surface area contributed by atoms with E-state index in [1.165, 1.54) is 36.2 Å². The number of likely N-dealkylation sites (N-methyl/N-ethyl adjacent to an activating group) is 1. The van der Waals surface area contributed by atoms with Crippen LogP contribution in [-0.2, 0) is 26.2 Å². The summed E-state index contributed by atoms with van der Waals surface area (Å²) < 4.78 is 34.2. The molecule has 3 aromatic rings. The van der Waals surface area contributed by atoms with Crippen molar-refractivity contribution in [2.45, 2.75) is 44.7 Å². The summed E-state index contributed by atoms with van der Waals surface area (Å²) in [6.07, 6.45) is 0.351. The van der Waals surface area contributed by atoms with E-state index in [1.807, 2.05) is 45.0 Å². The molecule has 39 heavy (non-hydrogen) atoms. The number of carbonyl (C=O) groups is 2. The zero-order valence-electron chi connectivity index (χ0n) is 22.6. The number of sulfonamides is 1. The number of rotatable bonds is 12. The topological polar surface area (TPSA) is 96.0 Å². The van der Waals surface area contributed by atoms with Crippen molar-refractivity contribution < 1.29 is 22.7 Å². The maximum Gasteiger partial charge on any atom is 0.264 e. The van der Waals surface area contributed by atoms with Gasteiger partial charge in [0.05, 0.1) is 17.2 Å². The highest BCUT2D eigenvalue weighted by Crippen LogP contribution is 2.27. The summed E-state index contributed by atoms with van der Waals surface area (Å²) in [5, 5.41) is 3.01. The first-order valence-electron chi connectivity index (χ1n) is 12.7. The second-order valence-electron chi connectivity index (χ2n) is 8.94. The van der Waals surface area contributed by atoms with Crippen molar-refractivity contribution in [1.29, 1.82) is 0 Å². The molecule has 0 aliphatic heterocycles. The molecule has 208 valence electrons. The van der Waals surface area contributed by atoms with Gasteiger partial charge in [0.25, 0.3) is 10.0 Å². The van der Waals surface area contributed by atoms with Crippen molar-refractivity contribution in [2.24, 2.45) is 0 Å². The maximum absolute atomic E-state index is 13.9. The molecule has 3 rings (SSSR count). The fourth-order valence-corrected chi connectivity index (χ4v) is 5.65. The quantitative estimate of drug-likeness (QED) is 0.337. The summed E-state index contributed by atoms with van der Waals surface area (Å²) in [4.78, 5) is 28.1. The molecule has 0 aliphatic carbocycles. The van der Waals surface area contributed by atoms with Gasteiger partial charge in [0, 0.05) is 18.6 Å². The Bertz CT molecular complexity index is 1360. The Labute approximate surface area is 235 Å². The normalized spacial score (nSPS) is 11.9. The van der Waals surface area contributed by atoms with Crippen LogP contribution in [0.15, 0.2) is 77.7 Å². The second kappa shape index (κ2) is 13.5. The van der Waals surface area contributed by atoms with E-state index in [4.69, 9.17) is 16.3 Å². The minimum absolute atomic E-state index is 0.0167. The maximum atomic E-state index is 13.9. The van der Waals surface area contributed by atoms with Crippen LogP contribution < -0.4 is 14.4 Å². The Hall–Kier alpha value is -3.56. The van der Waals surface area contributed by atoms with E-state index in [1.54, 1.807) is 24.3 Å². The lowest BCUT2D eigenvalue weighted by Gasteiger charge is -2.33. The molecule has 0 spiro atoms. The van der Waals surface area contributed by atoms with Crippen molar-refractivity contribution in [3.05, 3.63) is 88.9 Å². The van der Waals surface area contributed by atoms with Gasteiger partial charge in [-0.2, -0.15) is 0 Å². The molecule has 1 N–H and O–H groups in total. The molecule has 8 nitrogen and oxygen atoms in total. The van der Waals surface area contributed by atoms with E-state index in [0.717, 1.165) is 15.4 Å². The first-order chi connectivity index (χ1) is 18.6. The largest absolute Gasteiger partial charge is 0.494 e. The average Bonchev–Trinajstić information content (AvgIpc) is 2.93. The van der Waals surface area contributed by atoms with Crippen LogP contribution in [0.2, 0.25) is 5.02 Å². The number of nitrogens with zero attached hydrogens (tertiary/aromatic N) is 2. The van der Waals surface area contributed by atoms with Gasteiger partial charge in [-0.25, -0.2) is 8.42 Å². The third-order valence-electron chi connectivity index (χ3n) is 6.22. The third kappa shape index (κ3) is 7.52. The van der Waals surface area contributed by atoms with Crippen molar-refractivity contribution in [3.8, 4) is 5.75 Å². The number of amides is 2. The van der Waals surface area contributed by atoms with Crippen LogP contribution >= 0.6 is 11.6 Å². The van der Waals surface area contributed by atoms with E-state index in [2.05, 4.69) is 5.32 Å². The minimum atomic E-state index is -4.18. The third-order valence-corrected chi connectivity index (χ3v) is 8.26.